The second kappa shape index (κ2) is 5.04. The third-order valence-corrected chi connectivity index (χ3v) is 4.46. The molecule has 1 fully saturated rings. The topological polar surface area (TPSA) is 29.3 Å². The Balaban J connectivity index is 2.31. The van der Waals surface area contributed by atoms with E-state index in [0.29, 0.717) is 12.5 Å². The predicted octanol–water partition coefficient (Wildman–Crippen LogP) is 2.85. The van der Waals surface area contributed by atoms with E-state index >= 15 is 0 Å². The van der Waals surface area contributed by atoms with E-state index in [9.17, 15) is 4.39 Å². The number of likely N-dealkylation sites (tertiary alicyclic amines) is 1. The van der Waals surface area contributed by atoms with E-state index in [1.54, 1.807) is 6.07 Å². The van der Waals surface area contributed by atoms with Crippen LogP contribution in [-0.2, 0) is 0 Å². The molecular weight excluding hydrogens is 283 g/mol. The second-order valence-electron chi connectivity index (χ2n) is 4.92. The van der Waals surface area contributed by atoms with Crippen LogP contribution in [0.1, 0.15) is 23.6 Å². The quantitative estimate of drug-likeness (QED) is 0.910. The van der Waals surface area contributed by atoms with E-state index in [-0.39, 0.29) is 11.9 Å². The van der Waals surface area contributed by atoms with Gasteiger partial charge in [0.2, 0.25) is 0 Å². The number of nitrogens with zero attached hydrogens (tertiary/aromatic N) is 1. The van der Waals surface area contributed by atoms with Crippen LogP contribution in [0, 0.1) is 18.7 Å². The molecule has 2 atom stereocenters. The molecule has 2 N–H and O–H groups in total. The Morgan fingerprint density at radius 3 is 2.82 bits per heavy atom. The molecule has 0 spiro atoms. The fourth-order valence-electron chi connectivity index (χ4n) is 2.56. The first-order chi connectivity index (χ1) is 8.02. The van der Waals surface area contributed by atoms with E-state index in [1.807, 2.05) is 20.0 Å². The second-order valence-corrected chi connectivity index (χ2v) is 5.77. The average Bonchev–Trinajstić information content (AvgIpc) is 2.65. The Kier molecular flexibility index (Phi) is 3.85. The lowest BCUT2D eigenvalue weighted by atomic mass is 9.98. The Hall–Kier alpha value is -0.450. The molecular formula is C13H18BrFN2. The SMILES string of the molecule is Cc1cc(F)c(C2CC(CN)CN2C)cc1Br. The van der Waals surface area contributed by atoms with E-state index in [1.165, 1.54) is 0 Å². The van der Waals surface area contributed by atoms with Gasteiger partial charge in [0.25, 0.3) is 0 Å². The zero-order chi connectivity index (χ0) is 12.6. The van der Waals surface area contributed by atoms with Gasteiger partial charge in [-0.25, -0.2) is 4.39 Å². The van der Waals surface area contributed by atoms with Crippen molar-refractivity contribution in [2.75, 3.05) is 20.1 Å². The summed E-state index contributed by atoms with van der Waals surface area (Å²) in [5.74, 6) is 0.365. The smallest absolute Gasteiger partial charge is 0.128 e. The van der Waals surface area contributed by atoms with Crippen LogP contribution in [0.25, 0.3) is 0 Å². The van der Waals surface area contributed by atoms with Crippen LogP contribution >= 0.6 is 15.9 Å². The number of rotatable bonds is 2. The first kappa shape index (κ1) is 13.0. The van der Waals surface area contributed by atoms with Crippen LogP contribution in [0.2, 0.25) is 0 Å². The summed E-state index contributed by atoms with van der Waals surface area (Å²) in [5, 5.41) is 0. The van der Waals surface area contributed by atoms with Crippen LogP contribution in [-0.4, -0.2) is 25.0 Å². The van der Waals surface area contributed by atoms with Crippen molar-refractivity contribution in [2.45, 2.75) is 19.4 Å². The number of aryl methyl sites for hydroxylation is 1. The molecule has 1 aromatic rings. The van der Waals surface area contributed by atoms with Crippen molar-refractivity contribution in [2.24, 2.45) is 11.7 Å². The molecule has 94 valence electrons. The molecule has 1 aromatic carbocycles. The molecule has 4 heteroatoms. The summed E-state index contributed by atoms with van der Waals surface area (Å²) in [7, 11) is 2.04. The van der Waals surface area contributed by atoms with E-state index in [0.717, 1.165) is 28.6 Å². The predicted molar refractivity (Wildman–Crippen MR) is 71.4 cm³/mol. The minimum absolute atomic E-state index is 0.111. The third-order valence-electron chi connectivity index (χ3n) is 3.61. The van der Waals surface area contributed by atoms with Gasteiger partial charge < -0.3 is 5.73 Å². The maximum absolute atomic E-state index is 14.0. The lowest BCUT2D eigenvalue weighted by Gasteiger charge is -2.20. The van der Waals surface area contributed by atoms with E-state index < -0.39 is 0 Å². The van der Waals surface area contributed by atoms with Crippen LogP contribution in [0.5, 0.6) is 0 Å². The van der Waals surface area contributed by atoms with E-state index in [2.05, 4.69) is 20.8 Å². The molecule has 2 nitrogen and oxygen atoms in total. The zero-order valence-corrected chi connectivity index (χ0v) is 11.8. The van der Waals surface area contributed by atoms with Gasteiger partial charge in [0.15, 0.2) is 0 Å². The van der Waals surface area contributed by atoms with Gasteiger partial charge >= 0.3 is 0 Å². The molecule has 1 aliphatic rings. The van der Waals surface area contributed by atoms with Gasteiger partial charge in [0, 0.05) is 22.6 Å². The maximum atomic E-state index is 14.0. The highest BCUT2D eigenvalue weighted by molar-refractivity contribution is 9.10. The molecule has 17 heavy (non-hydrogen) atoms. The highest BCUT2D eigenvalue weighted by atomic mass is 79.9. The van der Waals surface area contributed by atoms with Gasteiger partial charge in [-0.05, 0) is 50.6 Å². The maximum Gasteiger partial charge on any atom is 0.128 e. The van der Waals surface area contributed by atoms with Crippen molar-refractivity contribution < 1.29 is 4.39 Å². The summed E-state index contributed by atoms with van der Waals surface area (Å²) in [6.45, 7) is 3.53. The Bertz CT molecular complexity index is 422. The molecule has 0 bridgehead atoms. The Morgan fingerprint density at radius 2 is 2.24 bits per heavy atom. The summed E-state index contributed by atoms with van der Waals surface area (Å²) in [5.41, 5.74) is 7.41. The molecule has 0 aliphatic carbocycles. The molecule has 1 saturated heterocycles. The molecule has 0 amide bonds. The summed E-state index contributed by atoms with van der Waals surface area (Å²) >= 11 is 3.47. The van der Waals surface area contributed by atoms with Crippen LogP contribution in [0.15, 0.2) is 16.6 Å². The molecule has 2 unspecified atom stereocenters. The Morgan fingerprint density at radius 1 is 1.53 bits per heavy atom. The van der Waals surface area contributed by atoms with Crippen LogP contribution < -0.4 is 5.73 Å². The number of nitrogens with two attached hydrogens (primary N) is 1. The summed E-state index contributed by atoms with van der Waals surface area (Å²) in [6.07, 6.45) is 0.944. The minimum atomic E-state index is -0.111. The monoisotopic (exact) mass is 300 g/mol. The standard InChI is InChI=1S/C13H18BrFN2/c1-8-3-12(15)10(5-11(8)14)13-4-9(6-16)7-17(13)2/h3,5,9,13H,4,6-7,16H2,1-2H3. The molecule has 0 saturated carbocycles. The molecule has 0 aromatic heterocycles. The van der Waals surface area contributed by atoms with Crippen LogP contribution in [0.4, 0.5) is 4.39 Å². The van der Waals surface area contributed by atoms with Gasteiger partial charge in [0.1, 0.15) is 5.82 Å². The largest absolute Gasteiger partial charge is 0.330 e. The van der Waals surface area contributed by atoms with Crippen molar-refractivity contribution in [1.29, 1.82) is 0 Å². The highest BCUT2D eigenvalue weighted by Gasteiger charge is 2.31. The van der Waals surface area contributed by atoms with Gasteiger partial charge in [-0.15, -0.1) is 0 Å². The fourth-order valence-corrected chi connectivity index (χ4v) is 2.92. The average molecular weight is 301 g/mol. The van der Waals surface area contributed by atoms with Gasteiger partial charge in [0.05, 0.1) is 0 Å². The lowest BCUT2D eigenvalue weighted by Crippen LogP contribution is -2.21. The van der Waals surface area contributed by atoms with Gasteiger partial charge in [-0.2, -0.15) is 0 Å². The summed E-state index contributed by atoms with van der Waals surface area (Å²) in [6, 6.07) is 3.66. The van der Waals surface area contributed by atoms with Crippen molar-refractivity contribution >= 4 is 15.9 Å². The first-order valence-electron chi connectivity index (χ1n) is 5.88. The number of benzene rings is 1. The molecule has 1 aliphatic heterocycles. The minimum Gasteiger partial charge on any atom is -0.330 e. The Labute approximate surface area is 110 Å². The lowest BCUT2D eigenvalue weighted by molar-refractivity contribution is 0.306. The van der Waals surface area contributed by atoms with Crippen molar-refractivity contribution in [1.82, 2.24) is 4.90 Å². The van der Waals surface area contributed by atoms with Gasteiger partial charge in [-0.1, -0.05) is 15.9 Å². The third kappa shape index (κ3) is 2.54. The molecule has 2 rings (SSSR count). The van der Waals surface area contributed by atoms with Crippen molar-refractivity contribution in [3.63, 3.8) is 0 Å². The molecule has 1 heterocycles. The highest BCUT2D eigenvalue weighted by Crippen LogP contribution is 2.36. The first-order valence-corrected chi connectivity index (χ1v) is 6.68. The number of hydrogen-bond donors (Lipinski definition) is 1. The normalized spacial score (nSPS) is 25.5. The number of halogens is 2. The fraction of sp³-hybridized carbons (Fsp3) is 0.538. The van der Waals surface area contributed by atoms with Crippen molar-refractivity contribution in [3.8, 4) is 0 Å². The number of hydrogen-bond acceptors (Lipinski definition) is 2. The van der Waals surface area contributed by atoms with Crippen molar-refractivity contribution in [3.05, 3.63) is 33.5 Å². The summed E-state index contributed by atoms with van der Waals surface area (Å²) < 4.78 is 15.0. The van der Waals surface area contributed by atoms with Crippen LogP contribution in [0.3, 0.4) is 0 Å². The summed E-state index contributed by atoms with van der Waals surface area (Å²) in [4.78, 5) is 2.19. The zero-order valence-electron chi connectivity index (χ0n) is 10.2. The molecule has 0 radical (unpaired) electrons. The van der Waals surface area contributed by atoms with Gasteiger partial charge in [-0.3, -0.25) is 4.90 Å². The van der Waals surface area contributed by atoms with E-state index in [4.69, 9.17) is 5.73 Å².